The Labute approximate surface area is 205 Å². The van der Waals surface area contributed by atoms with Crippen molar-refractivity contribution >= 4 is 18.2 Å². The number of hydrogen-bond donors (Lipinski definition) is 3. The smallest absolute Gasteiger partial charge is 0.408 e. The molecule has 0 aromatic heterocycles. The molecule has 0 saturated heterocycles. The zero-order chi connectivity index (χ0) is 25.2. The number of amides is 2. The average Bonchev–Trinajstić information content (AvgIpc) is 3.35. The monoisotopic (exact) mass is 480 g/mol. The molecule has 8 heteroatoms. The molecule has 2 aliphatic carbocycles. The number of nitrogens with one attached hydrogen (secondary N) is 2. The number of carboxylic acids is 1. The number of alkyl carbamates (subject to hydrolysis) is 2. The molecular formula is C27H32N2O6. The molecule has 0 aliphatic heterocycles. The molecule has 1 fully saturated rings. The summed E-state index contributed by atoms with van der Waals surface area (Å²) in [4.78, 5) is 36.8. The molecule has 0 spiro atoms. The molecule has 0 unspecified atom stereocenters. The largest absolute Gasteiger partial charge is 0.480 e. The quantitative estimate of drug-likeness (QED) is 0.554. The lowest BCUT2D eigenvalue weighted by Gasteiger charge is -2.26. The highest BCUT2D eigenvalue weighted by molar-refractivity contribution is 5.85. The predicted octanol–water partition coefficient (Wildman–Crippen LogP) is 4.67. The van der Waals surface area contributed by atoms with Gasteiger partial charge in [0.05, 0.1) is 0 Å². The van der Waals surface area contributed by atoms with Crippen LogP contribution in [-0.4, -0.2) is 47.6 Å². The second-order valence-electron chi connectivity index (χ2n) is 10.3. The zero-order valence-corrected chi connectivity index (χ0v) is 20.3. The minimum atomic E-state index is -1.43. The van der Waals surface area contributed by atoms with Crippen molar-refractivity contribution < 1.29 is 29.0 Å². The van der Waals surface area contributed by atoms with Crippen LogP contribution >= 0.6 is 0 Å². The van der Waals surface area contributed by atoms with Crippen LogP contribution in [0.1, 0.15) is 57.1 Å². The van der Waals surface area contributed by atoms with Gasteiger partial charge in [-0.2, -0.15) is 0 Å². The molecule has 0 bridgehead atoms. The Morgan fingerprint density at radius 3 is 2.17 bits per heavy atom. The van der Waals surface area contributed by atoms with E-state index in [0.717, 1.165) is 22.3 Å². The first-order chi connectivity index (χ1) is 16.6. The molecule has 3 N–H and O–H groups in total. The van der Waals surface area contributed by atoms with Crippen LogP contribution in [0, 0.1) is 5.92 Å². The first kappa shape index (κ1) is 24.6. The molecule has 0 radical (unpaired) electrons. The number of aliphatic carboxylic acids is 1. The molecule has 2 amide bonds. The zero-order valence-electron chi connectivity index (χ0n) is 20.3. The molecule has 2 aromatic rings. The number of carbonyl (C=O) groups is 3. The third-order valence-corrected chi connectivity index (χ3v) is 6.64. The number of fused-ring (bicyclic) bond motifs is 3. The Kier molecular flexibility index (Phi) is 6.74. The highest BCUT2D eigenvalue weighted by Crippen LogP contribution is 2.44. The maximum atomic E-state index is 12.7. The summed E-state index contributed by atoms with van der Waals surface area (Å²) in [5, 5.41) is 15.2. The van der Waals surface area contributed by atoms with Crippen molar-refractivity contribution in [2.24, 2.45) is 5.92 Å². The standard InChI is InChI=1S/C27H32N2O6/c1-26(2,3)35-24(32)28-15-17-12-13-27(14-17,23(30)31)29-25(33)34-16-22-20-10-6-4-8-18(20)19-9-5-7-11-21(19)22/h4-11,17,22H,12-16H2,1-3H3,(H,28,32)(H,29,33)(H,30,31)/t17-,27-/m0/s1. The van der Waals surface area contributed by atoms with E-state index in [1.807, 2.05) is 36.4 Å². The summed E-state index contributed by atoms with van der Waals surface area (Å²) in [6.07, 6.45) is -0.300. The van der Waals surface area contributed by atoms with Gasteiger partial charge in [0.2, 0.25) is 0 Å². The Hall–Kier alpha value is -3.55. The van der Waals surface area contributed by atoms with Crippen LogP contribution < -0.4 is 10.6 Å². The molecule has 186 valence electrons. The number of carbonyl (C=O) groups excluding carboxylic acids is 2. The minimum absolute atomic E-state index is 0.104. The fourth-order valence-electron chi connectivity index (χ4n) is 5.05. The summed E-state index contributed by atoms with van der Waals surface area (Å²) in [5.41, 5.74) is 2.37. The van der Waals surface area contributed by atoms with E-state index in [4.69, 9.17) is 9.47 Å². The van der Waals surface area contributed by atoms with Gasteiger partial charge in [-0.25, -0.2) is 14.4 Å². The normalized spacial score (nSPS) is 21.1. The maximum Gasteiger partial charge on any atom is 0.408 e. The first-order valence-electron chi connectivity index (χ1n) is 11.9. The molecule has 4 rings (SSSR count). The van der Waals surface area contributed by atoms with Crippen LogP contribution in [0.25, 0.3) is 11.1 Å². The van der Waals surface area contributed by atoms with Gasteiger partial charge in [0.25, 0.3) is 0 Å². The van der Waals surface area contributed by atoms with Crippen molar-refractivity contribution in [2.75, 3.05) is 13.2 Å². The van der Waals surface area contributed by atoms with Crippen LogP contribution in [0.15, 0.2) is 48.5 Å². The lowest BCUT2D eigenvalue weighted by molar-refractivity contribution is -0.144. The lowest BCUT2D eigenvalue weighted by atomic mass is 9.96. The van der Waals surface area contributed by atoms with Gasteiger partial charge in [-0.3, -0.25) is 0 Å². The van der Waals surface area contributed by atoms with Gasteiger partial charge in [0.15, 0.2) is 0 Å². The van der Waals surface area contributed by atoms with Gasteiger partial charge in [-0.05, 0) is 68.2 Å². The molecule has 2 atom stereocenters. The maximum absolute atomic E-state index is 12.7. The average molecular weight is 481 g/mol. The van der Waals surface area contributed by atoms with Crippen LogP contribution in [0.2, 0.25) is 0 Å². The second-order valence-corrected chi connectivity index (χ2v) is 10.3. The highest BCUT2D eigenvalue weighted by Gasteiger charge is 2.47. The van der Waals surface area contributed by atoms with E-state index in [-0.39, 0.29) is 37.8 Å². The van der Waals surface area contributed by atoms with E-state index in [1.54, 1.807) is 20.8 Å². The molecule has 35 heavy (non-hydrogen) atoms. The summed E-state index contributed by atoms with van der Waals surface area (Å²) >= 11 is 0. The van der Waals surface area contributed by atoms with E-state index in [2.05, 4.69) is 22.8 Å². The molecular weight excluding hydrogens is 448 g/mol. The molecule has 2 aliphatic rings. The van der Waals surface area contributed by atoms with Crippen molar-refractivity contribution in [2.45, 2.75) is 57.1 Å². The highest BCUT2D eigenvalue weighted by atomic mass is 16.6. The van der Waals surface area contributed by atoms with Crippen molar-refractivity contribution in [1.29, 1.82) is 0 Å². The Morgan fingerprint density at radius 1 is 1.00 bits per heavy atom. The lowest BCUT2D eigenvalue weighted by Crippen LogP contribution is -2.53. The number of hydrogen-bond acceptors (Lipinski definition) is 5. The number of rotatable bonds is 6. The van der Waals surface area contributed by atoms with Gasteiger partial charge in [0.1, 0.15) is 17.7 Å². The van der Waals surface area contributed by atoms with E-state index in [1.165, 1.54) is 0 Å². The van der Waals surface area contributed by atoms with Crippen molar-refractivity contribution in [3.8, 4) is 11.1 Å². The van der Waals surface area contributed by atoms with Crippen LogP contribution in [-0.2, 0) is 14.3 Å². The second kappa shape index (κ2) is 9.60. The minimum Gasteiger partial charge on any atom is -0.480 e. The summed E-state index contributed by atoms with van der Waals surface area (Å²) in [6, 6.07) is 16.0. The van der Waals surface area contributed by atoms with E-state index < -0.39 is 29.3 Å². The van der Waals surface area contributed by atoms with Gasteiger partial charge in [-0.1, -0.05) is 48.5 Å². The topological polar surface area (TPSA) is 114 Å². The van der Waals surface area contributed by atoms with Crippen LogP contribution in [0.3, 0.4) is 0 Å². The summed E-state index contributed by atoms with van der Waals surface area (Å²) in [5.74, 6) is -1.32. The number of carboxylic acid groups (broad SMARTS) is 1. The van der Waals surface area contributed by atoms with Crippen LogP contribution in [0.4, 0.5) is 9.59 Å². The van der Waals surface area contributed by atoms with Gasteiger partial charge in [-0.15, -0.1) is 0 Å². The third-order valence-electron chi connectivity index (χ3n) is 6.64. The molecule has 0 heterocycles. The fraction of sp³-hybridized carbons (Fsp3) is 0.444. The van der Waals surface area contributed by atoms with E-state index in [9.17, 15) is 19.5 Å². The summed E-state index contributed by atoms with van der Waals surface area (Å²) < 4.78 is 10.8. The van der Waals surface area contributed by atoms with E-state index >= 15 is 0 Å². The molecule has 2 aromatic carbocycles. The van der Waals surface area contributed by atoms with Gasteiger partial charge in [0, 0.05) is 12.5 Å². The Bertz CT molecular complexity index is 1080. The van der Waals surface area contributed by atoms with Crippen molar-refractivity contribution in [1.82, 2.24) is 10.6 Å². The van der Waals surface area contributed by atoms with Crippen molar-refractivity contribution in [3.05, 3.63) is 59.7 Å². The fourth-order valence-corrected chi connectivity index (χ4v) is 5.05. The van der Waals surface area contributed by atoms with Gasteiger partial charge < -0.3 is 25.2 Å². The number of benzene rings is 2. The molecule has 1 saturated carbocycles. The van der Waals surface area contributed by atoms with Gasteiger partial charge >= 0.3 is 18.2 Å². The van der Waals surface area contributed by atoms with E-state index in [0.29, 0.717) is 6.42 Å². The Morgan fingerprint density at radius 2 is 1.60 bits per heavy atom. The first-order valence-corrected chi connectivity index (χ1v) is 11.9. The SMILES string of the molecule is CC(C)(C)OC(=O)NC[C@H]1CC[C@@](NC(=O)OCC2c3ccccc3-c3ccccc32)(C(=O)O)C1. The number of ether oxygens (including phenoxy) is 2. The van der Waals surface area contributed by atoms with Crippen LogP contribution in [0.5, 0.6) is 0 Å². The predicted molar refractivity (Wildman–Crippen MR) is 130 cm³/mol. The van der Waals surface area contributed by atoms with Crippen molar-refractivity contribution in [3.63, 3.8) is 0 Å². The molecule has 8 nitrogen and oxygen atoms in total. The summed E-state index contributed by atoms with van der Waals surface area (Å²) in [6.45, 7) is 5.71. The summed E-state index contributed by atoms with van der Waals surface area (Å²) in [7, 11) is 0. The Balaban J connectivity index is 1.36. The third kappa shape index (κ3) is 5.42.